The van der Waals surface area contributed by atoms with Crippen molar-refractivity contribution in [3.05, 3.63) is 0 Å². The zero-order chi connectivity index (χ0) is 10.5. The molecule has 0 amide bonds. The Kier molecular flexibility index (Phi) is 1.99. The average molecular weight is 210 g/mol. The molecule has 0 aromatic rings. The highest BCUT2D eigenvalue weighted by Crippen LogP contribution is 2.66. The summed E-state index contributed by atoms with van der Waals surface area (Å²) in [6, 6.07) is 0. The molecule has 3 nitrogen and oxygen atoms in total. The van der Waals surface area contributed by atoms with Gasteiger partial charge in [0.2, 0.25) is 0 Å². The third kappa shape index (κ3) is 1.06. The first-order valence-corrected chi connectivity index (χ1v) is 5.91. The standard InChI is InChI=1S/C12H18O3/c1-14-10-8-12(11(10)4-2-5-11)7-9(13)3-6-15-12/h10H,2-8H2,1H3. The van der Waals surface area contributed by atoms with E-state index in [1.807, 2.05) is 0 Å². The number of methoxy groups -OCH3 is 1. The first kappa shape index (κ1) is 9.79. The maximum atomic E-state index is 11.6. The highest BCUT2D eigenvalue weighted by atomic mass is 16.5. The van der Waals surface area contributed by atoms with Crippen LogP contribution in [0.4, 0.5) is 0 Å². The van der Waals surface area contributed by atoms with E-state index in [1.54, 1.807) is 7.11 Å². The molecule has 2 spiro atoms. The molecule has 0 radical (unpaired) electrons. The number of ether oxygens (including phenoxy) is 2. The first-order valence-electron chi connectivity index (χ1n) is 5.91. The molecule has 0 aromatic heterocycles. The Morgan fingerprint density at radius 3 is 2.80 bits per heavy atom. The Bertz CT molecular complexity index is 295. The van der Waals surface area contributed by atoms with Gasteiger partial charge in [0.25, 0.3) is 0 Å². The smallest absolute Gasteiger partial charge is 0.138 e. The van der Waals surface area contributed by atoms with Crippen LogP contribution in [-0.2, 0) is 14.3 Å². The second kappa shape index (κ2) is 3.05. The Morgan fingerprint density at radius 1 is 1.47 bits per heavy atom. The van der Waals surface area contributed by atoms with Crippen LogP contribution in [0.3, 0.4) is 0 Å². The number of hydrogen-bond donors (Lipinski definition) is 0. The second-order valence-electron chi connectivity index (χ2n) is 5.25. The minimum Gasteiger partial charge on any atom is -0.381 e. The minimum absolute atomic E-state index is 0.138. The molecule has 1 heterocycles. The summed E-state index contributed by atoms with van der Waals surface area (Å²) >= 11 is 0. The summed E-state index contributed by atoms with van der Waals surface area (Å²) in [6.07, 6.45) is 6.12. The quantitative estimate of drug-likeness (QED) is 0.660. The lowest BCUT2D eigenvalue weighted by atomic mass is 9.44. The van der Waals surface area contributed by atoms with Crippen molar-refractivity contribution in [3.8, 4) is 0 Å². The molecule has 84 valence electrons. The van der Waals surface area contributed by atoms with Crippen LogP contribution in [0, 0.1) is 5.41 Å². The van der Waals surface area contributed by atoms with Crippen molar-refractivity contribution in [2.45, 2.75) is 50.2 Å². The van der Waals surface area contributed by atoms with Crippen LogP contribution in [-0.4, -0.2) is 31.2 Å². The summed E-state index contributed by atoms with van der Waals surface area (Å²) in [4.78, 5) is 11.6. The fourth-order valence-electron chi connectivity index (χ4n) is 3.77. The molecule has 3 rings (SSSR count). The molecule has 1 saturated heterocycles. The van der Waals surface area contributed by atoms with Gasteiger partial charge in [0, 0.05) is 31.8 Å². The first-order chi connectivity index (χ1) is 7.22. The van der Waals surface area contributed by atoms with Gasteiger partial charge in [-0.2, -0.15) is 0 Å². The average Bonchev–Trinajstić information content (AvgIpc) is 2.11. The number of fused-ring (bicyclic) bond motifs is 1. The van der Waals surface area contributed by atoms with Crippen molar-refractivity contribution in [1.82, 2.24) is 0 Å². The maximum Gasteiger partial charge on any atom is 0.138 e. The summed E-state index contributed by atoms with van der Waals surface area (Å²) in [5.41, 5.74) is 0.0547. The fourth-order valence-corrected chi connectivity index (χ4v) is 3.77. The van der Waals surface area contributed by atoms with E-state index in [0.29, 0.717) is 31.3 Å². The molecule has 15 heavy (non-hydrogen) atoms. The van der Waals surface area contributed by atoms with Crippen molar-refractivity contribution >= 4 is 5.78 Å². The largest absolute Gasteiger partial charge is 0.381 e. The summed E-state index contributed by atoms with van der Waals surface area (Å²) in [5, 5.41) is 0. The van der Waals surface area contributed by atoms with Crippen LogP contribution in [0.25, 0.3) is 0 Å². The Hall–Kier alpha value is -0.410. The number of carbonyl (C=O) groups is 1. The number of hydrogen-bond acceptors (Lipinski definition) is 3. The topological polar surface area (TPSA) is 35.5 Å². The monoisotopic (exact) mass is 210 g/mol. The Morgan fingerprint density at radius 2 is 2.27 bits per heavy atom. The predicted molar refractivity (Wildman–Crippen MR) is 54.6 cm³/mol. The molecule has 3 aliphatic rings. The van der Waals surface area contributed by atoms with Gasteiger partial charge in [0.15, 0.2) is 0 Å². The molecule has 0 N–H and O–H groups in total. The molecule has 1 aliphatic heterocycles. The number of rotatable bonds is 1. The van der Waals surface area contributed by atoms with Gasteiger partial charge in [0.05, 0.1) is 18.3 Å². The second-order valence-corrected chi connectivity index (χ2v) is 5.25. The lowest BCUT2D eigenvalue weighted by Gasteiger charge is -2.68. The Balaban J connectivity index is 1.84. The van der Waals surface area contributed by atoms with Crippen LogP contribution in [0.15, 0.2) is 0 Å². The number of Topliss-reactive ketones (excluding diaryl/α,β-unsaturated/α-hetero) is 1. The molecule has 2 saturated carbocycles. The van der Waals surface area contributed by atoms with Gasteiger partial charge in [-0.25, -0.2) is 0 Å². The number of carbonyl (C=O) groups excluding carboxylic acids is 1. The predicted octanol–water partition coefficient (Wildman–Crippen LogP) is 1.69. The van der Waals surface area contributed by atoms with Gasteiger partial charge in [-0.1, -0.05) is 6.42 Å². The SMILES string of the molecule is COC1CC2(CC(=O)CCO2)C12CCC2. The number of ketones is 1. The third-order valence-corrected chi connectivity index (χ3v) is 4.81. The van der Waals surface area contributed by atoms with Gasteiger partial charge < -0.3 is 9.47 Å². The summed E-state index contributed by atoms with van der Waals surface area (Å²) < 4.78 is 11.5. The lowest BCUT2D eigenvalue weighted by molar-refractivity contribution is -0.305. The van der Waals surface area contributed by atoms with Gasteiger partial charge in [-0.3, -0.25) is 4.79 Å². The third-order valence-electron chi connectivity index (χ3n) is 4.81. The van der Waals surface area contributed by atoms with E-state index >= 15 is 0 Å². The summed E-state index contributed by atoms with van der Waals surface area (Å²) in [7, 11) is 1.78. The normalized spacial score (nSPS) is 42.7. The van der Waals surface area contributed by atoms with Crippen molar-refractivity contribution in [1.29, 1.82) is 0 Å². The highest BCUT2D eigenvalue weighted by molar-refractivity contribution is 5.80. The molecular weight excluding hydrogens is 192 g/mol. The molecule has 0 aromatic carbocycles. The van der Waals surface area contributed by atoms with E-state index in [-0.39, 0.29) is 11.0 Å². The summed E-state index contributed by atoms with van der Waals surface area (Å²) in [6.45, 7) is 0.622. The molecule has 3 heteroatoms. The van der Waals surface area contributed by atoms with Gasteiger partial charge in [0.1, 0.15) is 5.78 Å². The van der Waals surface area contributed by atoms with E-state index in [9.17, 15) is 4.79 Å². The van der Waals surface area contributed by atoms with E-state index in [4.69, 9.17) is 9.47 Å². The highest BCUT2D eigenvalue weighted by Gasteiger charge is 2.70. The van der Waals surface area contributed by atoms with E-state index in [1.165, 1.54) is 19.3 Å². The minimum atomic E-state index is -0.138. The molecular formula is C12H18O3. The van der Waals surface area contributed by atoms with Crippen molar-refractivity contribution in [2.75, 3.05) is 13.7 Å². The molecule has 3 fully saturated rings. The van der Waals surface area contributed by atoms with Crippen LogP contribution in [0.5, 0.6) is 0 Å². The molecule has 0 bridgehead atoms. The zero-order valence-electron chi connectivity index (χ0n) is 9.25. The van der Waals surface area contributed by atoms with Gasteiger partial charge in [-0.15, -0.1) is 0 Å². The van der Waals surface area contributed by atoms with Crippen LogP contribution in [0.2, 0.25) is 0 Å². The van der Waals surface area contributed by atoms with Crippen LogP contribution < -0.4 is 0 Å². The molecule has 2 aliphatic carbocycles. The maximum absolute atomic E-state index is 11.6. The van der Waals surface area contributed by atoms with Crippen molar-refractivity contribution < 1.29 is 14.3 Å². The lowest BCUT2D eigenvalue weighted by Crippen LogP contribution is -2.72. The van der Waals surface area contributed by atoms with E-state index in [0.717, 1.165) is 6.42 Å². The van der Waals surface area contributed by atoms with Crippen LogP contribution >= 0.6 is 0 Å². The Labute approximate surface area is 90.1 Å². The van der Waals surface area contributed by atoms with E-state index in [2.05, 4.69) is 0 Å². The van der Waals surface area contributed by atoms with Crippen molar-refractivity contribution in [3.63, 3.8) is 0 Å². The van der Waals surface area contributed by atoms with Gasteiger partial charge in [-0.05, 0) is 12.8 Å². The van der Waals surface area contributed by atoms with E-state index < -0.39 is 0 Å². The van der Waals surface area contributed by atoms with Crippen molar-refractivity contribution in [2.24, 2.45) is 5.41 Å². The summed E-state index contributed by atoms with van der Waals surface area (Å²) in [5.74, 6) is 0.377. The molecule has 2 unspecified atom stereocenters. The molecule has 2 atom stereocenters. The fraction of sp³-hybridized carbons (Fsp3) is 0.917. The zero-order valence-corrected chi connectivity index (χ0v) is 9.25. The van der Waals surface area contributed by atoms with Crippen LogP contribution in [0.1, 0.15) is 38.5 Å². The van der Waals surface area contributed by atoms with Gasteiger partial charge >= 0.3 is 0 Å².